The minimum atomic E-state index is -4.14. The highest BCUT2D eigenvalue weighted by atomic mass is 32.2. The fraction of sp³-hybridized carbons (Fsp3) is 0.130. The Morgan fingerprint density at radius 3 is 2.48 bits per heavy atom. The van der Waals surface area contributed by atoms with E-state index >= 15 is 0 Å². The molecule has 0 aromatic heterocycles. The number of hydrogen-bond acceptors (Lipinski definition) is 6. The first-order valence-electron chi connectivity index (χ1n) is 9.89. The fourth-order valence-corrected chi connectivity index (χ4v) is 4.52. The summed E-state index contributed by atoms with van der Waals surface area (Å²) in [5.74, 6) is -0.0261. The van der Waals surface area contributed by atoms with Crippen molar-refractivity contribution >= 4 is 27.8 Å². The van der Waals surface area contributed by atoms with Gasteiger partial charge in [-0.3, -0.25) is 9.10 Å². The molecule has 0 aliphatic carbocycles. The van der Waals surface area contributed by atoms with Crippen LogP contribution in [0.1, 0.15) is 11.1 Å². The van der Waals surface area contributed by atoms with Crippen LogP contribution in [0.4, 0.5) is 10.1 Å². The van der Waals surface area contributed by atoms with Crippen molar-refractivity contribution in [1.29, 1.82) is 0 Å². The van der Waals surface area contributed by atoms with Gasteiger partial charge in [0.05, 0.1) is 16.8 Å². The van der Waals surface area contributed by atoms with Gasteiger partial charge in [0.1, 0.15) is 12.4 Å². The van der Waals surface area contributed by atoms with E-state index in [4.69, 9.17) is 9.47 Å². The lowest BCUT2D eigenvalue weighted by molar-refractivity contribution is -0.119. The summed E-state index contributed by atoms with van der Waals surface area (Å²) in [5.41, 5.74) is 4.21. The van der Waals surface area contributed by atoms with Crippen LogP contribution in [-0.2, 0) is 14.8 Å². The molecule has 0 spiro atoms. The van der Waals surface area contributed by atoms with Crippen molar-refractivity contribution in [2.45, 2.75) is 11.8 Å². The second-order valence-electron chi connectivity index (χ2n) is 7.21. The van der Waals surface area contributed by atoms with Crippen molar-refractivity contribution in [3.8, 4) is 11.5 Å². The van der Waals surface area contributed by atoms with Gasteiger partial charge in [-0.2, -0.15) is 5.10 Å². The molecule has 3 aromatic rings. The molecule has 33 heavy (non-hydrogen) atoms. The van der Waals surface area contributed by atoms with E-state index in [0.717, 1.165) is 34.1 Å². The van der Waals surface area contributed by atoms with Crippen LogP contribution in [0, 0.1) is 12.7 Å². The molecule has 1 aliphatic heterocycles. The number of amides is 1. The minimum Gasteiger partial charge on any atom is -0.454 e. The molecule has 170 valence electrons. The predicted molar refractivity (Wildman–Crippen MR) is 120 cm³/mol. The third-order valence-corrected chi connectivity index (χ3v) is 6.60. The summed E-state index contributed by atoms with van der Waals surface area (Å²) in [6.45, 7) is 1.48. The molecule has 1 amide bonds. The Balaban J connectivity index is 1.52. The number of rotatable bonds is 7. The molecule has 1 aliphatic rings. The first-order valence-corrected chi connectivity index (χ1v) is 11.3. The maximum Gasteiger partial charge on any atom is 0.264 e. The molecule has 0 fully saturated rings. The zero-order valence-electron chi connectivity index (χ0n) is 17.6. The van der Waals surface area contributed by atoms with Crippen LogP contribution in [0.3, 0.4) is 0 Å². The van der Waals surface area contributed by atoms with E-state index in [1.807, 2.05) is 6.92 Å². The number of aryl methyl sites for hydroxylation is 1. The van der Waals surface area contributed by atoms with Crippen LogP contribution in [0.15, 0.2) is 76.7 Å². The minimum absolute atomic E-state index is 0.138. The molecule has 1 N–H and O–H groups in total. The molecule has 8 nitrogen and oxygen atoms in total. The molecule has 1 heterocycles. The van der Waals surface area contributed by atoms with Crippen molar-refractivity contribution < 1.29 is 27.1 Å². The van der Waals surface area contributed by atoms with Gasteiger partial charge in [0.2, 0.25) is 6.79 Å². The quantitative estimate of drug-likeness (QED) is 0.423. The summed E-state index contributed by atoms with van der Waals surface area (Å²) in [5, 5.41) is 3.90. The number of ether oxygens (including phenoxy) is 2. The van der Waals surface area contributed by atoms with Crippen LogP contribution in [-0.4, -0.2) is 33.9 Å². The predicted octanol–water partition coefficient (Wildman–Crippen LogP) is 3.21. The highest BCUT2D eigenvalue weighted by Gasteiger charge is 2.27. The smallest absolute Gasteiger partial charge is 0.264 e. The highest BCUT2D eigenvalue weighted by Crippen LogP contribution is 2.32. The van der Waals surface area contributed by atoms with Crippen molar-refractivity contribution in [3.05, 3.63) is 83.7 Å². The Morgan fingerprint density at radius 2 is 1.76 bits per heavy atom. The van der Waals surface area contributed by atoms with Crippen LogP contribution in [0.25, 0.3) is 0 Å². The molecule has 0 atom stereocenters. The van der Waals surface area contributed by atoms with Crippen molar-refractivity contribution in [2.75, 3.05) is 17.6 Å². The van der Waals surface area contributed by atoms with E-state index in [-0.39, 0.29) is 11.7 Å². The van der Waals surface area contributed by atoms with Gasteiger partial charge in [0.15, 0.2) is 11.5 Å². The number of carbonyl (C=O) groups is 1. The number of halogens is 1. The number of anilines is 1. The summed E-state index contributed by atoms with van der Waals surface area (Å²) >= 11 is 0. The van der Waals surface area contributed by atoms with Crippen LogP contribution >= 0.6 is 0 Å². The largest absolute Gasteiger partial charge is 0.454 e. The Kier molecular flexibility index (Phi) is 6.27. The van der Waals surface area contributed by atoms with Gasteiger partial charge in [0, 0.05) is 0 Å². The van der Waals surface area contributed by atoms with E-state index < -0.39 is 28.3 Å². The van der Waals surface area contributed by atoms with Gasteiger partial charge in [-0.25, -0.2) is 18.2 Å². The number of nitrogens with one attached hydrogen (secondary N) is 1. The normalized spacial score (nSPS) is 12.7. The first-order chi connectivity index (χ1) is 15.8. The topological polar surface area (TPSA) is 97.3 Å². The van der Waals surface area contributed by atoms with E-state index in [1.165, 1.54) is 6.21 Å². The lowest BCUT2D eigenvalue weighted by atomic mass is 10.2. The van der Waals surface area contributed by atoms with Crippen LogP contribution < -0.4 is 19.2 Å². The molecule has 0 radical (unpaired) electrons. The van der Waals surface area contributed by atoms with Crippen molar-refractivity contribution in [1.82, 2.24) is 5.43 Å². The molecule has 3 aromatic carbocycles. The molecular formula is C23H20FN3O5S. The SMILES string of the molecule is Cc1ccc(N(CC(=O)N/N=C/c2ccc3c(c2)OCO3)S(=O)(=O)c2ccc(F)cc2)cc1. The highest BCUT2D eigenvalue weighted by molar-refractivity contribution is 7.92. The summed E-state index contributed by atoms with van der Waals surface area (Å²) in [6.07, 6.45) is 1.41. The number of sulfonamides is 1. The molecule has 0 unspecified atom stereocenters. The number of benzene rings is 3. The van der Waals surface area contributed by atoms with E-state index in [0.29, 0.717) is 22.7 Å². The Morgan fingerprint density at radius 1 is 1.06 bits per heavy atom. The average Bonchev–Trinajstić information content (AvgIpc) is 3.26. The molecule has 10 heteroatoms. The second kappa shape index (κ2) is 9.29. The summed E-state index contributed by atoms with van der Waals surface area (Å²) in [6, 6.07) is 16.2. The molecule has 0 saturated heterocycles. The van der Waals surface area contributed by atoms with Gasteiger partial charge in [-0.1, -0.05) is 17.7 Å². The van der Waals surface area contributed by atoms with E-state index in [1.54, 1.807) is 42.5 Å². The van der Waals surface area contributed by atoms with Gasteiger partial charge >= 0.3 is 0 Å². The number of fused-ring (bicyclic) bond motifs is 1. The Hall–Kier alpha value is -3.92. The average molecular weight is 469 g/mol. The summed E-state index contributed by atoms with van der Waals surface area (Å²) in [4.78, 5) is 12.4. The lowest BCUT2D eigenvalue weighted by Gasteiger charge is -2.23. The van der Waals surface area contributed by atoms with Gasteiger partial charge < -0.3 is 9.47 Å². The van der Waals surface area contributed by atoms with Gasteiger partial charge in [-0.15, -0.1) is 0 Å². The zero-order chi connectivity index (χ0) is 23.4. The Labute approximate surface area is 190 Å². The number of carbonyl (C=O) groups excluding carboxylic acids is 1. The van der Waals surface area contributed by atoms with E-state index in [9.17, 15) is 17.6 Å². The van der Waals surface area contributed by atoms with Crippen LogP contribution in [0.5, 0.6) is 11.5 Å². The zero-order valence-corrected chi connectivity index (χ0v) is 18.4. The molecule has 4 rings (SSSR count). The second-order valence-corrected chi connectivity index (χ2v) is 9.07. The number of hydrazone groups is 1. The first kappa shape index (κ1) is 22.3. The summed E-state index contributed by atoms with van der Waals surface area (Å²) in [7, 11) is -4.14. The van der Waals surface area contributed by atoms with Gasteiger partial charge in [-0.05, 0) is 67.1 Å². The third-order valence-electron chi connectivity index (χ3n) is 4.81. The third kappa shape index (κ3) is 5.12. The van der Waals surface area contributed by atoms with Gasteiger partial charge in [0.25, 0.3) is 15.9 Å². The van der Waals surface area contributed by atoms with Crippen molar-refractivity contribution in [2.24, 2.45) is 5.10 Å². The Bertz CT molecular complexity index is 1290. The number of nitrogens with zero attached hydrogens (tertiary/aromatic N) is 2. The maximum atomic E-state index is 13.3. The monoisotopic (exact) mass is 469 g/mol. The lowest BCUT2D eigenvalue weighted by Crippen LogP contribution is -2.39. The molecule has 0 bridgehead atoms. The van der Waals surface area contributed by atoms with E-state index in [2.05, 4.69) is 10.5 Å². The standard InChI is InChI=1S/C23H20FN3O5S/c1-16-2-7-19(8-3-16)27(33(29,30)20-9-5-18(24)6-10-20)14-23(28)26-25-13-17-4-11-21-22(12-17)32-15-31-21/h2-13H,14-15H2,1H3,(H,26,28)/b25-13+. The van der Waals surface area contributed by atoms with Crippen molar-refractivity contribution in [3.63, 3.8) is 0 Å². The molecular weight excluding hydrogens is 449 g/mol. The fourth-order valence-electron chi connectivity index (χ4n) is 3.10. The maximum absolute atomic E-state index is 13.3. The number of hydrogen-bond donors (Lipinski definition) is 1. The van der Waals surface area contributed by atoms with Crippen LogP contribution in [0.2, 0.25) is 0 Å². The summed E-state index contributed by atoms with van der Waals surface area (Å²) < 4.78 is 51.2. The molecule has 0 saturated carbocycles.